The van der Waals surface area contributed by atoms with Crippen LogP contribution in [0.25, 0.3) is 5.57 Å². The van der Waals surface area contributed by atoms with Gasteiger partial charge in [0.15, 0.2) is 0 Å². The van der Waals surface area contributed by atoms with Gasteiger partial charge in [0.05, 0.1) is 8.07 Å². The van der Waals surface area contributed by atoms with Gasteiger partial charge in [0.25, 0.3) is 0 Å². The summed E-state index contributed by atoms with van der Waals surface area (Å²) in [6.07, 6.45) is 0. The molecule has 0 radical (unpaired) electrons. The highest BCUT2D eigenvalue weighted by molar-refractivity contribution is 6.92. The smallest absolute Gasteiger partial charge is 0.0889 e. The third-order valence-electron chi connectivity index (χ3n) is 5.93. The molecule has 0 spiro atoms. The summed E-state index contributed by atoms with van der Waals surface area (Å²) >= 11 is 0. The van der Waals surface area contributed by atoms with Crippen LogP contribution in [0.4, 0.5) is 0 Å². The Morgan fingerprint density at radius 3 is 1.67 bits per heavy atom. The van der Waals surface area contributed by atoms with E-state index in [1.54, 1.807) is 5.57 Å². The largest absolute Gasteiger partial charge is 0.0921 e. The predicted molar refractivity (Wildman–Crippen MR) is 98.2 cm³/mol. The molecular weight excluding hydrogens is 268 g/mol. The first-order valence-corrected chi connectivity index (χ1v) is 10.5. The minimum absolute atomic E-state index is 0.384. The van der Waals surface area contributed by atoms with Gasteiger partial charge < -0.3 is 0 Å². The number of hydrogen-bond donors (Lipinski definition) is 0. The molecule has 1 heterocycles. The fourth-order valence-corrected chi connectivity index (χ4v) is 13.1. The SMILES string of the molecule is C[C@@H]1C(c2ccccc2)=C[Si](C(C)(C)C)(C(C)(C)C)[C@@H]1C. The van der Waals surface area contributed by atoms with Gasteiger partial charge in [0, 0.05) is 0 Å². The van der Waals surface area contributed by atoms with E-state index in [1.165, 1.54) is 5.56 Å². The molecule has 0 saturated carbocycles. The van der Waals surface area contributed by atoms with E-state index in [0.717, 1.165) is 5.54 Å². The molecule has 0 saturated heterocycles. The lowest BCUT2D eigenvalue weighted by molar-refractivity contribution is 0.569. The molecule has 1 aromatic carbocycles. The second kappa shape index (κ2) is 5.12. The summed E-state index contributed by atoms with van der Waals surface area (Å²) in [6.45, 7) is 19.8. The fraction of sp³-hybridized carbons (Fsp3) is 0.600. The summed E-state index contributed by atoms with van der Waals surface area (Å²) in [4.78, 5) is 0. The average Bonchev–Trinajstić information content (AvgIpc) is 2.64. The van der Waals surface area contributed by atoms with Crippen molar-refractivity contribution in [1.82, 2.24) is 0 Å². The summed E-state index contributed by atoms with van der Waals surface area (Å²) in [5.74, 6) is 0.664. The van der Waals surface area contributed by atoms with Crippen molar-refractivity contribution in [3.05, 3.63) is 41.6 Å². The summed E-state index contributed by atoms with van der Waals surface area (Å²) < 4.78 is 0. The second-order valence-corrected chi connectivity index (χ2v) is 14.8. The van der Waals surface area contributed by atoms with Crippen molar-refractivity contribution in [2.45, 2.75) is 71.0 Å². The Morgan fingerprint density at radius 2 is 1.29 bits per heavy atom. The maximum absolute atomic E-state index is 2.76. The molecule has 0 nitrogen and oxygen atoms in total. The Bertz CT molecular complexity index is 511. The van der Waals surface area contributed by atoms with E-state index >= 15 is 0 Å². The highest BCUT2D eigenvalue weighted by atomic mass is 28.3. The van der Waals surface area contributed by atoms with Gasteiger partial charge in [-0.15, -0.1) is 0 Å². The van der Waals surface area contributed by atoms with Crippen LogP contribution >= 0.6 is 0 Å². The van der Waals surface area contributed by atoms with Crippen LogP contribution in [0.3, 0.4) is 0 Å². The summed E-state index contributed by atoms with van der Waals surface area (Å²) in [5.41, 5.74) is 6.57. The van der Waals surface area contributed by atoms with E-state index in [0.29, 0.717) is 16.0 Å². The average molecular weight is 301 g/mol. The van der Waals surface area contributed by atoms with E-state index in [-0.39, 0.29) is 0 Å². The van der Waals surface area contributed by atoms with Crippen LogP contribution in [-0.2, 0) is 0 Å². The highest BCUT2D eigenvalue weighted by Crippen LogP contribution is 2.64. The standard InChI is InChI=1S/C20H32Si/c1-15-16(2)21(19(3,4)5,20(6,7)8)14-18(15)17-12-10-9-11-13-17/h9-16H,1-8H3/t15-,16+/m0/s1. The number of allylic oxidation sites excluding steroid dienone is 1. The van der Waals surface area contributed by atoms with Gasteiger partial charge in [0.2, 0.25) is 0 Å². The fourth-order valence-electron chi connectivity index (χ4n) is 5.07. The molecule has 0 amide bonds. The molecule has 1 aromatic rings. The molecule has 2 atom stereocenters. The zero-order valence-corrected chi connectivity index (χ0v) is 16.1. The van der Waals surface area contributed by atoms with Gasteiger partial charge in [-0.2, -0.15) is 0 Å². The Hall–Kier alpha value is -0.823. The molecule has 0 unspecified atom stereocenters. The summed E-state index contributed by atoms with van der Waals surface area (Å²) in [7, 11) is -1.61. The molecule has 1 aliphatic heterocycles. The Labute approximate surface area is 132 Å². The van der Waals surface area contributed by atoms with Gasteiger partial charge in [-0.3, -0.25) is 0 Å². The second-order valence-electron chi connectivity index (χ2n) is 8.91. The lowest BCUT2D eigenvalue weighted by Crippen LogP contribution is -2.52. The molecule has 0 aromatic heterocycles. The van der Waals surface area contributed by atoms with E-state index in [1.807, 2.05) is 0 Å². The molecule has 2 rings (SSSR count). The third-order valence-corrected chi connectivity index (χ3v) is 13.6. The number of hydrogen-bond acceptors (Lipinski definition) is 0. The van der Waals surface area contributed by atoms with Crippen LogP contribution in [0.1, 0.15) is 61.0 Å². The van der Waals surface area contributed by atoms with Crippen LogP contribution in [0.5, 0.6) is 0 Å². The molecule has 0 bridgehead atoms. The van der Waals surface area contributed by atoms with Crippen LogP contribution in [0.2, 0.25) is 15.6 Å². The summed E-state index contributed by atoms with van der Waals surface area (Å²) in [6, 6.07) is 11.0. The van der Waals surface area contributed by atoms with E-state index in [2.05, 4.69) is 91.4 Å². The van der Waals surface area contributed by atoms with Crippen LogP contribution in [-0.4, -0.2) is 8.07 Å². The first-order valence-electron chi connectivity index (χ1n) is 8.30. The van der Waals surface area contributed by atoms with E-state index in [4.69, 9.17) is 0 Å². The predicted octanol–water partition coefficient (Wildman–Crippen LogP) is 6.70. The molecule has 0 N–H and O–H groups in total. The van der Waals surface area contributed by atoms with Crippen LogP contribution in [0, 0.1) is 5.92 Å². The minimum atomic E-state index is -1.61. The van der Waals surface area contributed by atoms with E-state index in [9.17, 15) is 0 Å². The number of rotatable bonds is 1. The maximum atomic E-state index is 2.76. The molecule has 21 heavy (non-hydrogen) atoms. The van der Waals surface area contributed by atoms with Gasteiger partial charge in [-0.05, 0) is 32.7 Å². The van der Waals surface area contributed by atoms with Gasteiger partial charge >= 0.3 is 0 Å². The lowest BCUT2D eigenvalue weighted by Gasteiger charge is -2.52. The Balaban J connectivity index is 2.66. The van der Waals surface area contributed by atoms with Gasteiger partial charge in [-0.1, -0.05) is 91.4 Å². The van der Waals surface area contributed by atoms with Crippen molar-refractivity contribution >= 4 is 13.6 Å². The zero-order valence-electron chi connectivity index (χ0n) is 15.1. The monoisotopic (exact) mass is 300 g/mol. The van der Waals surface area contributed by atoms with Crippen molar-refractivity contribution in [2.24, 2.45) is 5.92 Å². The van der Waals surface area contributed by atoms with Crippen molar-refractivity contribution < 1.29 is 0 Å². The van der Waals surface area contributed by atoms with Crippen LogP contribution in [0.15, 0.2) is 36.0 Å². The molecule has 1 heteroatoms. The van der Waals surface area contributed by atoms with E-state index < -0.39 is 8.07 Å². The molecule has 0 aliphatic carbocycles. The first kappa shape index (κ1) is 16.5. The van der Waals surface area contributed by atoms with Gasteiger partial charge in [-0.25, -0.2) is 0 Å². The highest BCUT2D eigenvalue weighted by Gasteiger charge is 2.59. The quantitative estimate of drug-likeness (QED) is 0.506. The van der Waals surface area contributed by atoms with Crippen molar-refractivity contribution in [2.75, 3.05) is 0 Å². The molecular formula is C20H32Si. The van der Waals surface area contributed by atoms with Gasteiger partial charge in [0.1, 0.15) is 0 Å². The molecule has 0 fully saturated rings. The lowest BCUT2D eigenvalue weighted by atomic mass is 9.93. The number of benzene rings is 1. The normalized spacial score (nSPS) is 25.8. The Kier molecular flexibility index (Phi) is 4.03. The summed E-state index contributed by atoms with van der Waals surface area (Å²) in [5, 5.41) is 0.769. The molecule has 1 aliphatic rings. The molecule has 116 valence electrons. The minimum Gasteiger partial charge on any atom is -0.0889 e. The zero-order chi connectivity index (χ0) is 16.1. The van der Waals surface area contributed by atoms with Crippen molar-refractivity contribution in [1.29, 1.82) is 0 Å². The van der Waals surface area contributed by atoms with Crippen LogP contribution < -0.4 is 0 Å². The third kappa shape index (κ3) is 2.44. The maximum Gasteiger partial charge on any atom is 0.0921 e. The topological polar surface area (TPSA) is 0 Å². The first-order chi connectivity index (χ1) is 9.52. The van der Waals surface area contributed by atoms with Crippen molar-refractivity contribution in [3.8, 4) is 0 Å². The van der Waals surface area contributed by atoms with Crippen molar-refractivity contribution in [3.63, 3.8) is 0 Å². The Morgan fingerprint density at radius 1 is 0.810 bits per heavy atom.